The molecule has 1 aromatic carbocycles. The molecule has 1 fully saturated rings. The van der Waals surface area contributed by atoms with Crippen LogP contribution in [-0.4, -0.2) is 18.7 Å². The van der Waals surface area contributed by atoms with Gasteiger partial charge < -0.3 is 4.74 Å². The predicted octanol–water partition coefficient (Wildman–Crippen LogP) is 2.78. The number of amides is 1. The molecule has 1 atom stereocenters. The number of carbonyl (C=O) groups is 1. The number of hydrogen-bond donors (Lipinski definition) is 0. The minimum absolute atomic E-state index is 0.139. The third-order valence-electron chi connectivity index (χ3n) is 2.18. The molecule has 1 amide bonds. The smallest absolute Gasteiger partial charge is 0.414 e. The molecule has 0 spiro atoms. The molecule has 1 aliphatic rings. The molecule has 1 aliphatic heterocycles. The number of anilines is 1. The van der Waals surface area contributed by atoms with Crippen molar-refractivity contribution in [2.24, 2.45) is 0 Å². The maximum absolute atomic E-state index is 13.3. The lowest BCUT2D eigenvalue weighted by Gasteiger charge is -2.12. The second-order valence-electron chi connectivity index (χ2n) is 3.40. The van der Waals surface area contributed by atoms with Crippen LogP contribution >= 0.6 is 22.6 Å². The quantitative estimate of drug-likeness (QED) is 0.745. The van der Waals surface area contributed by atoms with Crippen molar-refractivity contribution in [1.82, 2.24) is 0 Å². The highest BCUT2D eigenvalue weighted by Gasteiger charge is 2.29. The van der Waals surface area contributed by atoms with Crippen LogP contribution in [0.25, 0.3) is 0 Å². The van der Waals surface area contributed by atoms with E-state index in [-0.39, 0.29) is 11.9 Å². The Hall–Kier alpha value is -0.850. The van der Waals surface area contributed by atoms with Crippen LogP contribution in [0.15, 0.2) is 18.2 Å². The maximum atomic E-state index is 13.3. The lowest BCUT2D eigenvalue weighted by Crippen LogP contribution is -2.24. The van der Waals surface area contributed by atoms with Crippen LogP contribution in [0.1, 0.15) is 6.92 Å². The zero-order chi connectivity index (χ0) is 11.0. The van der Waals surface area contributed by atoms with Crippen molar-refractivity contribution >= 4 is 34.4 Å². The second kappa shape index (κ2) is 3.96. The molecule has 1 unspecified atom stereocenters. The summed E-state index contributed by atoms with van der Waals surface area (Å²) in [5.41, 5.74) is 0.544. The third kappa shape index (κ3) is 2.06. The van der Waals surface area contributed by atoms with Crippen LogP contribution in [-0.2, 0) is 4.74 Å². The molecule has 0 saturated carbocycles. The number of ether oxygens (including phenoxy) is 1. The molecule has 0 radical (unpaired) electrons. The van der Waals surface area contributed by atoms with Gasteiger partial charge in [-0.25, -0.2) is 9.18 Å². The second-order valence-corrected chi connectivity index (χ2v) is 4.57. The van der Waals surface area contributed by atoms with Gasteiger partial charge in [-0.05, 0) is 47.7 Å². The van der Waals surface area contributed by atoms with E-state index in [0.29, 0.717) is 15.8 Å². The van der Waals surface area contributed by atoms with Gasteiger partial charge in [0.15, 0.2) is 0 Å². The normalized spacial score (nSPS) is 20.6. The van der Waals surface area contributed by atoms with Crippen LogP contribution in [0.2, 0.25) is 0 Å². The van der Waals surface area contributed by atoms with E-state index < -0.39 is 6.09 Å². The number of cyclic esters (lactones) is 1. The van der Waals surface area contributed by atoms with Crippen molar-refractivity contribution in [3.8, 4) is 0 Å². The van der Waals surface area contributed by atoms with Crippen LogP contribution in [0.4, 0.5) is 14.9 Å². The van der Waals surface area contributed by atoms with Crippen molar-refractivity contribution in [2.75, 3.05) is 11.4 Å². The van der Waals surface area contributed by atoms with Gasteiger partial charge in [0.2, 0.25) is 0 Å². The maximum Gasteiger partial charge on any atom is 0.414 e. The highest BCUT2D eigenvalue weighted by molar-refractivity contribution is 14.1. The third-order valence-corrected chi connectivity index (χ3v) is 3.05. The van der Waals surface area contributed by atoms with Gasteiger partial charge in [-0.3, -0.25) is 4.90 Å². The first-order chi connectivity index (χ1) is 7.08. The Morgan fingerprint density at radius 3 is 2.87 bits per heavy atom. The molecule has 0 N–H and O–H groups in total. The fourth-order valence-corrected chi connectivity index (χ4v) is 1.80. The standard InChI is InChI=1S/C10H9FINO2/c1-6-5-13(10(14)15-6)7-2-3-9(12)8(11)4-7/h2-4,6H,5H2,1H3. The van der Waals surface area contributed by atoms with E-state index in [9.17, 15) is 9.18 Å². The monoisotopic (exact) mass is 321 g/mol. The average Bonchev–Trinajstić information content (AvgIpc) is 2.50. The van der Waals surface area contributed by atoms with E-state index in [1.807, 2.05) is 22.6 Å². The molecule has 2 rings (SSSR count). The highest BCUT2D eigenvalue weighted by atomic mass is 127. The summed E-state index contributed by atoms with van der Waals surface area (Å²) < 4.78 is 18.8. The summed E-state index contributed by atoms with van der Waals surface area (Å²) in [5.74, 6) is -0.319. The van der Waals surface area contributed by atoms with Crippen LogP contribution in [0.3, 0.4) is 0 Å². The number of rotatable bonds is 1. The number of nitrogens with zero attached hydrogens (tertiary/aromatic N) is 1. The van der Waals surface area contributed by atoms with Crippen molar-refractivity contribution in [1.29, 1.82) is 0 Å². The molecule has 3 nitrogen and oxygen atoms in total. The number of carbonyl (C=O) groups excluding carboxylic acids is 1. The Morgan fingerprint density at radius 1 is 1.60 bits per heavy atom. The SMILES string of the molecule is CC1CN(c2ccc(I)c(F)c2)C(=O)O1. The minimum atomic E-state index is -0.414. The first kappa shape index (κ1) is 10.7. The van der Waals surface area contributed by atoms with Gasteiger partial charge in [0.1, 0.15) is 11.9 Å². The molecule has 80 valence electrons. The summed E-state index contributed by atoms with van der Waals surface area (Å²) in [6.45, 7) is 2.28. The highest BCUT2D eigenvalue weighted by Crippen LogP contribution is 2.24. The van der Waals surface area contributed by atoms with Gasteiger partial charge >= 0.3 is 6.09 Å². The fraction of sp³-hybridized carbons (Fsp3) is 0.300. The van der Waals surface area contributed by atoms with Crippen LogP contribution in [0.5, 0.6) is 0 Å². The Labute approximate surface area is 100 Å². The molecule has 0 aromatic heterocycles. The average molecular weight is 321 g/mol. The summed E-state index contributed by atoms with van der Waals surface area (Å²) >= 11 is 1.90. The molecular weight excluding hydrogens is 312 g/mol. The van der Waals surface area contributed by atoms with E-state index in [1.54, 1.807) is 19.1 Å². The Kier molecular flexibility index (Phi) is 2.81. The largest absolute Gasteiger partial charge is 0.444 e. The summed E-state index contributed by atoms with van der Waals surface area (Å²) in [6, 6.07) is 4.70. The van der Waals surface area contributed by atoms with E-state index in [2.05, 4.69) is 0 Å². The van der Waals surface area contributed by atoms with Crippen LogP contribution in [0, 0.1) is 9.39 Å². The number of halogens is 2. The van der Waals surface area contributed by atoms with Crippen molar-refractivity contribution in [3.05, 3.63) is 27.6 Å². The van der Waals surface area contributed by atoms with E-state index in [4.69, 9.17) is 4.74 Å². The molecule has 0 aliphatic carbocycles. The Bertz CT molecular complexity index is 410. The minimum Gasteiger partial charge on any atom is -0.444 e. The van der Waals surface area contributed by atoms with E-state index >= 15 is 0 Å². The lowest BCUT2D eigenvalue weighted by atomic mass is 10.3. The molecule has 1 heterocycles. The zero-order valence-electron chi connectivity index (χ0n) is 8.04. The molecule has 1 saturated heterocycles. The molecule has 5 heteroatoms. The summed E-state index contributed by atoms with van der Waals surface area (Å²) in [4.78, 5) is 12.8. The lowest BCUT2D eigenvalue weighted by molar-refractivity contribution is 0.150. The van der Waals surface area contributed by atoms with Gasteiger partial charge in [0.25, 0.3) is 0 Å². The Morgan fingerprint density at radius 2 is 2.33 bits per heavy atom. The predicted molar refractivity (Wildman–Crippen MR) is 62.4 cm³/mol. The van der Waals surface area contributed by atoms with Crippen molar-refractivity contribution in [2.45, 2.75) is 13.0 Å². The summed E-state index contributed by atoms with van der Waals surface area (Å²) in [6.07, 6.45) is -0.553. The van der Waals surface area contributed by atoms with E-state index in [0.717, 1.165) is 0 Å². The van der Waals surface area contributed by atoms with Gasteiger partial charge in [0, 0.05) is 3.57 Å². The van der Waals surface area contributed by atoms with Crippen molar-refractivity contribution in [3.63, 3.8) is 0 Å². The fourth-order valence-electron chi connectivity index (χ4n) is 1.47. The van der Waals surface area contributed by atoms with Crippen LogP contribution < -0.4 is 4.90 Å². The molecule has 0 bridgehead atoms. The van der Waals surface area contributed by atoms with E-state index in [1.165, 1.54) is 11.0 Å². The molecule has 15 heavy (non-hydrogen) atoms. The van der Waals surface area contributed by atoms with Gasteiger partial charge in [-0.2, -0.15) is 0 Å². The first-order valence-corrected chi connectivity index (χ1v) is 5.59. The molecule has 1 aromatic rings. The number of hydrogen-bond acceptors (Lipinski definition) is 2. The summed E-state index contributed by atoms with van der Waals surface area (Å²) in [7, 11) is 0. The topological polar surface area (TPSA) is 29.5 Å². The molecular formula is C10H9FINO2. The first-order valence-electron chi connectivity index (χ1n) is 4.51. The number of benzene rings is 1. The Balaban J connectivity index is 2.30. The summed E-state index contributed by atoms with van der Waals surface area (Å²) in [5, 5.41) is 0. The van der Waals surface area contributed by atoms with Gasteiger partial charge in [-0.15, -0.1) is 0 Å². The van der Waals surface area contributed by atoms with Gasteiger partial charge in [-0.1, -0.05) is 0 Å². The zero-order valence-corrected chi connectivity index (χ0v) is 10.2. The van der Waals surface area contributed by atoms with Gasteiger partial charge in [0.05, 0.1) is 12.2 Å². The van der Waals surface area contributed by atoms with Crippen molar-refractivity contribution < 1.29 is 13.9 Å².